The lowest BCUT2D eigenvalue weighted by atomic mass is 10.2. The summed E-state index contributed by atoms with van der Waals surface area (Å²) in [5.74, 6) is -2.68. The maximum Gasteiger partial charge on any atom is 0.343 e. The number of anilines is 1. The topological polar surface area (TPSA) is 102 Å². The number of halogens is 2. The number of hydrogen-bond acceptors (Lipinski definition) is 6. The number of sulfonamides is 1. The highest BCUT2D eigenvalue weighted by Gasteiger charge is 2.26. The molecule has 1 N–H and O–H groups in total. The largest absolute Gasteiger partial charge is 0.452 e. The summed E-state index contributed by atoms with van der Waals surface area (Å²) in [6.07, 6.45) is 0. The van der Waals surface area contributed by atoms with Gasteiger partial charge in [-0.3, -0.25) is 4.79 Å². The van der Waals surface area contributed by atoms with E-state index in [1.807, 2.05) is 0 Å². The number of carbonyl (C=O) groups is 2. The van der Waals surface area contributed by atoms with Crippen molar-refractivity contribution in [3.63, 3.8) is 0 Å². The second kappa shape index (κ2) is 9.52. The summed E-state index contributed by atoms with van der Waals surface area (Å²) in [4.78, 5) is 24.1. The molecule has 0 aliphatic carbocycles. The number of ether oxygens (including phenoxy) is 2. The van der Waals surface area contributed by atoms with Gasteiger partial charge in [-0.2, -0.15) is 4.31 Å². The van der Waals surface area contributed by atoms with E-state index in [-0.39, 0.29) is 28.7 Å². The molecule has 11 heteroatoms. The molecule has 1 aliphatic rings. The summed E-state index contributed by atoms with van der Waals surface area (Å²) in [6.45, 7) is 0.408. The van der Waals surface area contributed by atoms with Gasteiger partial charge in [-0.25, -0.2) is 17.6 Å². The first-order valence-electron chi connectivity index (χ1n) is 8.88. The van der Waals surface area contributed by atoms with Gasteiger partial charge in [0, 0.05) is 18.8 Å². The molecule has 0 radical (unpaired) electrons. The molecule has 0 aromatic heterocycles. The van der Waals surface area contributed by atoms with Crippen LogP contribution < -0.4 is 5.32 Å². The molecule has 0 spiro atoms. The van der Waals surface area contributed by atoms with E-state index in [0.717, 1.165) is 6.07 Å². The van der Waals surface area contributed by atoms with E-state index in [9.17, 15) is 22.4 Å². The minimum atomic E-state index is -3.73. The summed E-state index contributed by atoms with van der Waals surface area (Å²) < 4.78 is 50.4. The van der Waals surface area contributed by atoms with Crippen LogP contribution in [0, 0.1) is 5.82 Å². The number of hydrogen-bond donors (Lipinski definition) is 1. The average Bonchev–Trinajstić information content (AvgIpc) is 2.73. The van der Waals surface area contributed by atoms with E-state index in [1.165, 1.54) is 40.7 Å². The van der Waals surface area contributed by atoms with Crippen LogP contribution in [0.15, 0.2) is 47.4 Å². The smallest absolute Gasteiger partial charge is 0.343 e. The highest BCUT2D eigenvalue weighted by atomic mass is 35.5. The van der Waals surface area contributed by atoms with Crippen molar-refractivity contribution >= 4 is 39.2 Å². The van der Waals surface area contributed by atoms with Crippen LogP contribution in [0.3, 0.4) is 0 Å². The van der Waals surface area contributed by atoms with Gasteiger partial charge in [-0.05, 0) is 30.3 Å². The van der Waals surface area contributed by atoms with Gasteiger partial charge in [0.05, 0.1) is 23.1 Å². The molecule has 8 nitrogen and oxygen atoms in total. The quantitative estimate of drug-likeness (QED) is 0.669. The van der Waals surface area contributed by atoms with Crippen LogP contribution in [-0.2, 0) is 24.3 Å². The first kappa shape index (κ1) is 22.2. The van der Waals surface area contributed by atoms with E-state index in [1.54, 1.807) is 0 Å². The van der Waals surface area contributed by atoms with Gasteiger partial charge < -0.3 is 14.8 Å². The number of carbonyl (C=O) groups excluding carboxylic acids is 2. The molecule has 1 amide bonds. The lowest BCUT2D eigenvalue weighted by Crippen LogP contribution is -2.40. The molecule has 3 rings (SSSR count). The summed E-state index contributed by atoms with van der Waals surface area (Å²) in [5.41, 5.74) is -0.264. The van der Waals surface area contributed by atoms with Gasteiger partial charge in [-0.15, -0.1) is 0 Å². The summed E-state index contributed by atoms with van der Waals surface area (Å²) in [7, 11) is -3.73. The van der Waals surface area contributed by atoms with Crippen molar-refractivity contribution in [3.05, 3.63) is 58.9 Å². The Morgan fingerprint density at radius 2 is 1.87 bits per heavy atom. The monoisotopic (exact) mass is 456 g/mol. The van der Waals surface area contributed by atoms with Gasteiger partial charge in [0.15, 0.2) is 6.61 Å². The fraction of sp³-hybridized carbons (Fsp3) is 0.263. The molecule has 1 saturated heterocycles. The standard InChI is InChI=1S/C19H18ClFN2O6S/c20-15-5-2-6-16(21)18(15)19(25)29-12-17(24)22-13-3-1-4-14(11-13)30(26,27)23-7-9-28-10-8-23/h1-6,11H,7-10,12H2,(H,22,24). The molecular formula is C19H18ClFN2O6S. The second-order valence-corrected chi connectivity index (χ2v) is 8.61. The Morgan fingerprint density at radius 1 is 1.17 bits per heavy atom. The number of amides is 1. The van der Waals surface area contributed by atoms with Crippen molar-refractivity contribution in [2.75, 3.05) is 38.2 Å². The van der Waals surface area contributed by atoms with Crippen LogP contribution in [0.2, 0.25) is 5.02 Å². The van der Waals surface area contributed by atoms with Crippen LogP contribution in [0.5, 0.6) is 0 Å². The van der Waals surface area contributed by atoms with Gasteiger partial charge >= 0.3 is 5.97 Å². The molecule has 2 aromatic carbocycles. The third kappa shape index (κ3) is 5.14. The second-order valence-electron chi connectivity index (χ2n) is 6.27. The number of esters is 1. The molecule has 0 unspecified atom stereocenters. The lowest BCUT2D eigenvalue weighted by Gasteiger charge is -2.26. The molecule has 30 heavy (non-hydrogen) atoms. The molecule has 160 valence electrons. The molecule has 0 saturated carbocycles. The Bertz CT molecular complexity index is 1040. The van der Waals surface area contributed by atoms with Gasteiger partial charge in [-0.1, -0.05) is 23.7 Å². The van der Waals surface area contributed by atoms with Crippen LogP contribution in [-0.4, -0.2) is 57.5 Å². The fourth-order valence-electron chi connectivity index (χ4n) is 2.76. The summed E-state index contributed by atoms with van der Waals surface area (Å²) >= 11 is 5.78. The Hall–Kier alpha value is -2.53. The fourth-order valence-corrected chi connectivity index (χ4v) is 4.46. The predicted molar refractivity (Wildman–Crippen MR) is 106 cm³/mol. The molecule has 2 aromatic rings. The van der Waals surface area contributed by atoms with Crippen molar-refractivity contribution in [2.45, 2.75) is 4.90 Å². The molecule has 1 fully saturated rings. The van der Waals surface area contributed by atoms with Crippen LogP contribution in [0.25, 0.3) is 0 Å². The molecule has 0 atom stereocenters. The number of rotatable bonds is 6. The van der Waals surface area contributed by atoms with Gasteiger partial charge in [0.25, 0.3) is 5.91 Å². The summed E-state index contributed by atoms with van der Waals surface area (Å²) in [5, 5.41) is 2.31. The number of nitrogens with one attached hydrogen (secondary N) is 1. The number of benzene rings is 2. The third-order valence-corrected chi connectivity index (χ3v) is 6.44. The van der Waals surface area contributed by atoms with Crippen molar-refractivity contribution < 1.29 is 31.9 Å². The van der Waals surface area contributed by atoms with Crippen LogP contribution in [0.1, 0.15) is 10.4 Å². The Kier molecular flexibility index (Phi) is 7.03. The zero-order valence-electron chi connectivity index (χ0n) is 15.6. The minimum absolute atomic E-state index is 0.0114. The Morgan fingerprint density at radius 3 is 2.57 bits per heavy atom. The Labute approximate surface area is 177 Å². The average molecular weight is 457 g/mol. The zero-order chi connectivity index (χ0) is 21.7. The molecule has 1 heterocycles. The summed E-state index contributed by atoms with van der Waals surface area (Å²) in [6, 6.07) is 9.39. The number of nitrogens with zero attached hydrogens (tertiary/aromatic N) is 1. The van der Waals surface area contributed by atoms with Crippen molar-refractivity contribution in [1.29, 1.82) is 0 Å². The normalized spacial score (nSPS) is 14.9. The highest BCUT2D eigenvalue weighted by Crippen LogP contribution is 2.21. The van der Waals surface area contributed by atoms with Gasteiger partial charge in [0.2, 0.25) is 10.0 Å². The first-order valence-corrected chi connectivity index (χ1v) is 10.7. The zero-order valence-corrected chi connectivity index (χ0v) is 17.2. The molecule has 0 bridgehead atoms. The maximum absolute atomic E-state index is 13.7. The van der Waals surface area contributed by atoms with E-state index in [4.69, 9.17) is 21.1 Å². The first-order chi connectivity index (χ1) is 14.3. The maximum atomic E-state index is 13.7. The lowest BCUT2D eigenvalue weighted by molar-refractivity contribution is -0.119. The van der Waals surface area contributed by atoms with Crippen molar-refractivity contribution in [3.8, 4) is 0 Å². The van der Waals surface area contributed by atoms with Gasteiger partial charge in [0.1, 0.15) is 11.4 Å². The molecule has 1 aliphatic heterocycles. The van der Waals surface area contributed by atoms with E-state index in [2.05, 4.69) is 5.32 Å². The Balaban J connectivity index is 1.63. The van der Waals surface area contributed by atoms with Crippen LogP contribution >= 0.6 is 11.6 Å². The predicted octanol–water partition coefficient (Wildman–Crippen LogP) is 2.30. The highest BCUT2D eigenvalue weighted by molar-refractivity contribution is 7.89. The SMILES string of the molecule is O=C(COC(=O)c1c(F)cccc1Cl)Nc1cccc(S(=O)(=O)N2CCOCC2)c1. The minimum Gasteiger partial charge on any atom is -0.452 e. The van der Waals surface area contributed by atoms with E-state index < -0.39 is 39.9 Å². The number of morpholine rings is 1. The third-order valence-electron chi connectivity index (χ3n) is 4.23. The molecular weight excluding hydrogens is 439 g/mol. The van der Waals surface area contributed by atoms with E-state index in [0.29, 0.717) is 13.2 Å². The van der Waals surface area contributed by atoms with E-state index >= 15 is 0 Å². The van der Waals surface area contributed by atoms with Crippen LogP contribution in [0.4, 0.5) is 10.1 Å². The van der Waals surface area contributed by atoms with Crippen molar-refractivity contribution in [2.24, 2.45) is 0 Å². The van der Waals surface area contributed by atoms with Crippen molar-refractivity contribution in [1.82, 2.24) is 4.31 Å².